The van der Waals surface area contributed by atoms with Crippen LogP contribution in [-0.4, -0.2) is 21.9 Å². The lowest BCUT2D eigenvalue weighted by atomic mass is 11.0. The number of amidine groups is 1. The zero-order valence-electron chi connectivity index (χ0n) is 4.23. The highest BCUT2D eigenvalue weighted by atomic mass is 79.9. The van der Waals surface area contributed by atoms with Crippen molar-refractivity contribution in [1.82, 2.24) is 10.3 Å². The van der Waals surface area contributed by atoms with Gasteiger partial charge in [-0.05, 0) is 31.9 Å². The van der Waals surface area contributed by atoms with Crippen molar-refractivity contribution in [2.24, 2.45) is 5.10 Å². The van der Waals surface area contributed by atoms with Crippen LogP contribution in [0, 0.1) is 0 Å². The molecule has 0 fully saturated rings. The summed E-state index contributed by atoms with van der Waals surface area (Å²) in [7, 11) is 1.88. The molecule has 46 valence electrons. The topological polar surface area (TPSA) is 27.6 Å². The van der Waals surface area contributed by atoms with Crippen LogP contribution >= 0.6 is 31.9 Å². The summed E-state index contributed by atoms with van der Waals surface area (Å²) in [5.41, 5.74) is 0. The average molecular weight is 243 g/mol. The van der Waals surface area contributed by atoms with Crippen LogP contribution in [0.4, 0.5) is 0 Å². The van der Waals surface area contributed by atoms with E-state index >= 15 is 0 Å². The number of rotatable bonds is 0. The first-order chi connectivity index (χ1) is 3.70. The molecule has 1 heterocycles. The van der Waals surface area contributed by atoms with Crippen LogP contribution in [0.2, 0.25) is 0 Å². The lowest BCUT2D eigenvalue weighted by molar-refractivity contribution is 0.356. The van der Waals surface area contributed by atoms with Gasteiger partial charge < -0.3 is 5.32 Å². The minimum atomic E-state index is 0.136. The van der Waals surface area contributed by atoms with Gasteiger partial charge in [0.15, 0.2) is 9.82 Å². The maximum Gasteiger partial charge on any atom is 0.191 e. The molecule has 1 aliphatic heterocycles. The molecule has 3 nitrogen and oxygen atoms in total. The SMILES string of the molecule is CN1N=C(Br)NC1Br. The van der Waals surface area contributed by atoms with Gasteiger partial charge >= 0.3 is 0 Å². The van der Waals surface area contributed by atoms with Gasteiger partial charge in [0, 0.05) is 7.05 Å². The van der Waals surface area contributed by atoms with E-state index < -0.39 is 0 Å². The molecule has 8 heavy (non-hydrogen) atoms. The van der Waals surface area contributed by atoms with Crippen molar-refractivity contribution in [3.8, 4) is 0 Å². The smallest absolute Gasteiger partial charge is 0.191 e. The van der Waals surface area contributed by atoms with E-state index in [1.807, 2.05) is 7.05 Å². The van der Waals surface area contributed by atoms with E-state index in [0.717, 1.165) is 4.74 Å². The summed E-state index contributed by atoms with van der Waals surface area (Å²) in [6, 6.07) is 0. The van der Waals surface area contributed by atoms with Crippen LogP contribution in [-0.2, 0) is 0 Å². The molecule has 0 radical (unpaired) electrons. The largest absolute Gasteiger partial charge is 0.333 e. The molecule has 0 saturated heterocycles. The highest BCUT2D eigenvalue weighted by molar-refractivity contribution is 9.18. The fraction of sp³-hybridized carbons (Fsp3) is 0.667. The number of halogens is 2. The third kappa shape index (κ3) is 1.14. The van der Waals surface area contributed by atoms with E-state index in [4.69, 9.17) is 0 Å². The molecule has 1 unspecified atom stereocenters. The molecule has 1 aliphatic rings. The molecule has 0 bridgehead atoms. The molecule has 5 heteroatoms. The summed E-state index contributed by atoms with van der Waals surface area (Å²) >= 11 is 6.50. The predicted molar refractivity (Wildman–Crippen MR) is 40.0 cm³/mol. The Kier molecular flexibility index (Phi) is 1.77. The van der Waals surface area contributed by atoms with E-state index in [2.05, 4.69) is 42.3 Å². The molecular formula is C3H5Br2N3. The van der Waals surface area contributed by atoms with Gasteiger partial charge in [-0.25, -0.2) is 0 Å². The molecule has 0 spiro atoms. The Labute approximate surface area is 64.4 Å². The Bertz CT molecular complexity index is 124. The quantitative estimate of drug-likeness (QED) is 0.504. The van der Waals surface area contributed by atoms with Crippen molar-refractivity contribution in [3.63, 3.8) is 0 Å². The van der Waals surface area contributed by atoms with Gasteiger partial charge in [-0.15, -0.1) is 5.10 Å². The summed E-state index contributed by atoms with van der Waals surface area (Å²) in [6.45, 7) is 0. The number of alkyl halides is 1. The zero-order valence-corrected chi connectivity index (χ0v) is 7.40. The second kappa shape index (κ2) is 2.23. The number of nitrogens with one attached hydrogen (secondary N) is 1. The number of hydrazone groups is 1. The molecule has 0 aromatic carbocycles. The lowest BCUT2D eigenvalue weighted by Gasteiger charge is -2.09. The fourth-order valence-electron chi connectivity index (χ4n) is 0.410. The van der Waals surface area contributed by atoms with Gasteiger partial charge in [0.2, 0.25) is 0 Å². The molecule has 0 aromatic heterocycles. The van der Waals surface area contributed by atoms with Crippen LogP contribution in [0.1, 0.15) is 0 Å². The van der Waals surface area contributed by atoms with Crippen LogP contribution in [0.5, 0.6) is 0 Å². The molecule has 0 amide bonds. The highest BCUT2D eigenvalue weighted by Gasteiger charge is 2.15. The fourth-order valence-corrected chi connectivity index (χ4v) is 1.49. The predicted octanol–water partition coefficient (Wildman–Crippen LogP) is 0.866. The summed E-state index contributed by atoms with van der Waals surface area (Å²) in [5, 5.41) is 8.86. The van der Waals surface area contributed by atoms with Gasteiger partial charge in [-0.3, -0.25) is 5.01 Å². The molecular weight excluding hydrogens is 238 g/mol. The normalized spacial score (nSPS) is 27.6. The Morgan fingerprint density at radius 2 is 2.50 bits per heavy atom. The first-order valence-corrected chi connectivity index (χ1v) is 3.78. The van der Waals surface area contributed by atoms with Crippen molar-refractivity contribution in [3.05, 3.63) is 0 Å². The summed E-state index contributed by atoms with van der Waals surface area (Å²) < 4.78 is 0.766. The van der Waals surface area contributed by atoms with Crippen LogP contribution in [0.15, 0.2) is 5.10 Å². The summed E-state index contributed by atoms with van der Waals surface area (Å²) in [5.74, 6) is 0. The third-order valence-electron chi connectivity index (χ3n) is 0.812. The minimum absolute atomic E-state index is 0.136. The van der Waals surface area contributed by atoms with Crippen LogP contribution < -0.4 is 5.32 Å². The van der Waals surface area contributed by atoms with E-state index in [1.54, 1.807) is 5.01 Å². The van der Waals surface area contributed by atoms with E-state index in [9.17, 15) is 0 Å². The Hall–Kier alpha value is 0.230. The molecule has 0 aliphatic carbocycles. The van der Waals surface area contributed by atoms with Crippen molar-refractivity contribution < 1.29 is 0 Å². The summed E-state index contributed by atoms with van der Waals surface area (Å²) in [4.78, 5) is 0. The van der Waals surface area contributed by atoms with E-state index in [0.29, 0.717) is 0 Å². The van der Waals surface area contributed by atoms with Crippen molar-refractivity contribution in [1.29, 1.82) is 0 Å². The molecule has 0 aromatic rings. The molecule has 1 atom stereocenters. The summed E-state index contributed by atoms with van der Waals surface area (Å²) in [6.07, 6.45) is 0. The Morgan fingerprint density at radius 3 is 2.62 bits per heavy atom. The maximum absolute atomic E-state index is 3.98. The van der Waals surface area contributed by atoms with Crippen molar-refractivity contribution in [2.75, 3.05) is 7.05 Å². The van der Waals surface area contributed by atoms with Gasteiger partial charge in [0.1, 0.15) is 0 Å². The van der Waals surface area contributed by atoms with E-state index in [-0.39, 0.29) is 5.08 Å². The Morgan fingerprint density at radius 1 is 1.88 bits per heavy atom. The maximum atomic E-state index is 3.98. The molecule has 1 N–H and O–H groups in total. The van der Waals surface area contributed by atoms with Crippen LogP contribution in [0.3, 0.4) is 0 Å². The van der Waals surface area contributed by atoms with Gasteiger partial charge in [0.25, 0.3) is 0 Å². The second-order valence-corrected chi connectivity index (χ2v) is 3.06. The second-order valence-electron chi connectivity index (χ2n) is 1.44. The number of hydrogen-bond donors (Lipinski definition) is 1. The standard InChI is InChI=1S/C3H5Br2N3/c1-8-3(5)6-2(4)7-8/h3H,1H3,(H,6,7). The van der Waals surface area contributed by atoms with Crippen LogP contribution in [0.25, 0.3) is 0 Å². The number of hydrogen-bond acceptors (Lipinski definition) is 3. The van der Waals surface area contributed by atoms with Crippen molar-refractivity contribution in [2.45, 2.75) is 5.08 Å². The van der Waals surface area contributed by atoms with Gasteiger partial charge in [0.05, 0.1) is 0 Å². The van der Waals surface area contributed by atoms with Gasteiger partial charge in [-0.2, -0.15) is 0 Å². The van der Waals surface area contributed by atoms with Crippen molar-refractivity contribution >= 4 is 36.6 Å². The highest BCUT2D eigenvalue weighted by Crippen LogP contribution is 2.09. The molecule has 1 rings (SSSR count). The van der Waals surface area contributed by atoms with E-state index in [1.165, 1.54) is 0 Å². The number of nitrogens with zero attached hydrogens (tertiary/aromatic N) is 2. The average Bonchev–Trinajstić information content (AvgIpc) is 1.85. The zero-order chi connectivity index (χ0) is 6.15. The Balaban J connectivity index is 2.56. The minimum Gasteiger partial charge on any atom is -0.333 e. The lowest BCUT2D eigenvalue weighted by Crippen LogP contribution is -2.28. The first kappa shape index (κ1) is 6.35. The first-order valence-electron chi connectivity index (χ1n) is 2.07. The molecule has 0 saturated carbocycles. The monoisotopic (exact) mass is 241 g/mol. The third-order valence-corrected chi connectivity index (χ3v) is 2.02. The van der Waals surface area contributed by atoms with Gasteiger partial charge in [-0.1, -0.05) is 0 Å².